The van der Waals surface area contributed by atoms with Gasteiger partial charge >= 0.3 is 0 Å². The lowest BCUT2D eigenvalue weighted by Gasteiger charge is -2.29. The number of carbonyl (C=O) groups excluding carboxylic acids is 1. The molecule has 2 N–H and O–H groups in total. The fourth-order valence-electron chi connectivity index (χ4n) is 4.70. The van der Waals surface area contributed by atoms with Crippen LogP contribution < -0.4 is 10.1 Å². The third kappa shape index (κ3) is 3.71. The van der Waals surface area contributed by atoms with Crippen LogP contribution in [0, 0.1) is 11.8 Å². The summed E-state index contributed by atoms with van der Waals surface area (Å²) in [6, 6.07) is 16.3. The largest absolute Gasteiger partial charge is 0.431 e. The summed E-state index contributed by atoms with van der Waals surface area (Å²) in [6.45, 7) is 2.32. The topological polar surface area (TPSA) is 74.7 Å². The van der Waals surface area contributed by atoms with Gasteiger partial charge in [-0.1, -0.05) is 35.6 Å². The fraction of sp³-hybridized carbons (Fsp3) is 0.417. The van der Waals surface area contributed by atoms with E-state index in [4.69, 9.17) is 4.74 Å². The van der Waals surface area contributed by atoms with Crippen molar-refractivity contribution in [2.45, 2.75) is 37.5 Å². The molecule has 2 saturated carbocycles. The zero-order chi connectivity index (χ0) is 21.0. The first-order valence-corrected chi connectivity index (χ1v) is 11.8. The number of amides is 1. The first-order chi connectivity index (χ1) is 15.1. The standard InChI is InChI=1S/C24H25N3O3S/c28-22(24(29)9-10-24)27-14-16-11-18(16)20(27)13-25-12-15-5-7-17(8-6-15)30-23-26-19-3-1-2-4-21(19)31-23/h1-8,16,18,20,25,29H,9-14H2. The minimum atomic E-state index is -1.06. The second kappa shape index (κ2) is 7.29. The molecule has 1 amide bonds. The van der Waals surface area contributed by atoms with Gasteiger partial charge in [0, 0.05) is 25.7 Å². The van der Waals surface area contributed by atoms with Crippen LogP contribution >= 0.6 is 11.3 Å². The van der Waals surface area contributed by atoms with Crippen molar-refractivity contribution >= 4 is 27.5 Å². The number of hydrogen-bond acceptors (Lipinski definition) is 6. The number of piperidine rings is 1. The number of nitrogens with one attached hydrogen (secondary N) is 1. The van der Waals surface area contributed by atoms with Crippen LogP contribution in [0.3, 0.4) is 0 Å². The molecule has 2 aromatic carbocycles. The van der Waals surface area contributed by atoms with Gasteiger partial charge in [-0.15, -0.1) is 0 Å². The predicted octanol–water partition coefficient (Wildman–Crippen LogP) is 3.55. The van der Waals surface area contributed by atoms with E-state index >= 15 is 0 Å². The number of likely N-dealkylation sites (tertiary alicyclic amines) is 1. The van der Waals surface area contributed by atoms with Crippen LogP contribution in [0.15, 0.2) is 48.5 Å². The Morgan fingerprint density at radius 1 is 1.23 bits per heavy atom. The quantitative estimate of drug-likeness (QED) is 0.594. The average molecular weight is 436 g/mol. The number of thiazole rings is 1. The molecule has 0 spiro atoms. The fourth-order valence-corrected chi connectivity index (χ4v) is 5.54. The highest BCUT2D eigenvalue weighted by molar-refractivity contribution is 7.20. The lowest BCUT2D eigenvalue weighted by molar-refractivity contribution is -0.144. The molecule has 160 valence electrons. The number of para-hydroxylation sites is 1. The van der Waals surface area contributed by atoms with Crippen LogP contribution in [-0.2, 0) is 11.3 Å². The van der Waals surface area contributed by atoms with Gasteiger partial charge in [-0.25, -0.2) is 4.98 Å². The predicted molar refractivity (Wildman–Crippen MR) is 119 cm³/mol. The first kappa shape index (κ1) is 19.2. The van der Waals surface area contributed by atoms with Crippen molar-refractivity contribution in [1.29, 1.82) is 0 Å². The van der Waals surface area contributed by atoms with Crippen LogP contribution in [0.5, 0.6) is 10.9 Å². The lowest BCUT2D eigenvalue weighted by atomic mass is 10.1. The normalized spacial score (nSPS) is 25.5. The molecule has 3 unspecified atom stereocenters. The van der Waals surface area contributed by atoms with Gasteiger partial charge in [0.25, 0.3) is 11.1 Å². The Labute approximate surface area is 184 Å². The summed E-state index contributed by atoms with van der Waals surface area (Å²) in [5.74, 6) is 1.96. The molecule has 6 rings (SSSR count). The molecule has 6 nitrogen and oxygen atoms in total. The molecule has 3 fully saturated rings. The van der Waals surface area contributed by atoms with Gasteiger partial charge in [0.05, 0.1) is 10.2 Å². The average Bonchev–Trinajstić information content (AvgIpc) is 3.64. The van der Waals surface area contributed by atoms with Gasteiger partial charge in [0.15, 0.2) is 0 Å². The minimum absolute atomic E-state index is 0.0529. The lowest BCUT2D eigenvalue weighted by Crippen LogP contribution is -2.49. The number of fused-ring (bicyclic) bond motifs is 2. The molecular weight excluding hydrogens is 410 g/mol. The van der Waals surface area contributed by atoms with E-state index in [-0.39, 0.29) is 11.9 Å². The maximum atomic E-state index is 12.6. The summed E-state index contributed by atoms with van der Waals surface area (Å²) >= 11 is 1.54. The van der Waals surface area contributed by atoms with Gasteiger partial charge in [-0.3, -0.25) is 4.79 Å². The van der Waals surface area contributed by atoms with Crippen molar-refractivity contribution in [3.8, 4) is 10.9 Å². The Kier molecular flexibility index (Phi) is 4.52. The first-order valence-electron chi connectivity index (χ1n) is 11.0. The zero-order valence-corrected chi connectivity index (χ0v) is 18.0. The number of carbonyl (C=O) groups is 1. The Hall–Kier alpha value is -2.48. The SMILES string of the molecule is O=C(N1CC2CC2C1CNCc1ccc(Oc2nc3ccccc3s2)cc1)C1(O)CC1. The number of rotatable bonds is 7. The molecule has 3 atom stereocenters. The zero-order valence-electron chi connectivity index (χ0n) is 17.2. The van der Waals surface area contributed by atoms with Crippen molar-refractivity contribution in [3.05, 3.63) is 54.1 Å². The molecule has 0 radical (unpaired) electrons. The third-order valence-electron chi connectivity index (χ3n) is 6.77. The number of aliphatic hydroxyl groups is 1. The Bertz CT molecular complexity index is 1090. The second-order valence-corrected chi connectivity index (χ2v) is 10.0. The maximum Gasteiger partial charge on any atom is 0.279 e. The third-order valence-corrected chi connectivity index (χ3v) is 7.69. The van der Waals surface area contributed by atoms with E-state index in [2.05, 4.69) is 22.4 Å². The summed E-state index contributed by atoms with van der Waals surface area (Å²) in [6.07, 6.45) is 2.44. The molecule has 1 saturated heterocycles. The summed E-state index contributed by atoms with van der Waals surface area (Å²) in [7, 11) is 0. The van der Waals surface area contributed by atoms with E-state index in [1.165, 1.54) is 12.0 Å². The van der Waals surface area contributed by atoms with Crippen LogP contribution in [0.1, 0.15) is 24.8 Å². The highest BCUT2D eigenvalue weighted by Crippen LogP contribution is 2.51. The van der Waals surface area contributed by atoms with E-state index in [9.17, 15) is 9.90 Å². The van der Waals surface area contributed by atoms with Crippen LogP contribution in [0.25, 0.3) is 10.2 Å². The summed E-state index contributed by atoms with van der Waals surface area (Å²) in [5, 5.41) is 14.4. The van der Waals surface area contributed by atoms with Crippen molar-refractivity contribution in [2.24, 2.45) is 11.8 Å². The van der Waals surface area contributed by atoms with Gasteiger partial charge < -0.3 is 20.1 Å². The number of ether oxygens (including phenoxy) is 1. The summed E-state index contributed by atoms with van der Waals surface area (Å²) in [5.41, 5.74) is 1.06. The Morgan fingerprint density at radius 3 is 2.81 bits per heavy atom. The molecular formula is C24H25N3O3S. The molecule has 0 bridgehead atoms. The highest BCUT2D eigenvalue weighted by Gasteiger charge is 2.59. The molecule has 7 heteroatoms. The number of hydrogen-bond donors (Lipinski definition) is 2. The van der Waals surface area contributed by atoms with E-state index in [1.807, 2.05) is 41.3 Å². The summed E-state index contributed by atoms with van der Waals surface area (Å²) in [4.78, 5) is 19.1. The van der Waals surface area contributed by atoms with Crippen LogP contribution in [0.4, 0.5) is 0 Å². The van der Waals surface area contributed by atoms with E-state index in [1.54, 1.807) is 11.3 Å². The second-order valence-electron chi connectivity index (χ2n) is 9.04. The monoisotopic (exact) mass is 435 g/mol. The number of nitrogens with zero attached hydrogens (tertiary/aromatic N) is 2. The van der Waals surface area contributed by atoms with Crippen molar-refractivity contribution in [2.75, 3.05) is 13.1 Å². The number of benzene rings is 2. The van der Waals surface area contributed by atoms with E-state index in [0.29, 0.717) is 29.9 Å². The van der Waals surface area contributed by atoms with Gasteiger partial charge in [-0.2, -0.15) is 0 Å². The Balaban J connectivity index is 1.04. The van der Waals surface area contributed by atoms with Crippen molar-refractivity contribution < 1.29 is 14.6 Å². The molecule has 2 heterocycles. The minimum Gasteiger partial charge on any atom is -0.431 e. The van der Waals surface area contributed by atoms with Gasteiger partial charge in [0.1, 0.15) is 11.4 Å². The highest BCUT2D eigenvalue weighted by atomic mass is 32.1. The molecule has 3 aliphatic rings. The maximum absolute atomic E-state index is 12.6. The molecule has 3 aromatic rings. The van der Waals surface area contributed by atoms with Crippen molar-refractivity contribution in [1.82, 2.24) is 15.2 Å². The van der Waals surface area contributed by atoms with Gasteiger partial charge in [0.2, 0.25) is 0 Å². The van der Waals surface area contributed by atoms with E-state index in [0.717, 1.165) is 35.6 Å². The summed E-state index contributed by atoms with van der Waals surface area (Å²) < 4.78 is 7.04. The smallest absolute Gasteiger partial charge is 0.279 e. The van der Waals surface area contributed by atoms with Gasteiger partial charge in [-0.05, 0) is 60.9 Å². The molecule has 1 aliphatic heterocycles. The van der Waals surface area contributed by atoms with Crippen LogP contribution in [-0.4, -0.2) is 45.6 Å². The molecule has 1 aromatic heterocycles. The van der Waals surface area contributed by atoms with E-state index < -0.39 is 5.60 Å². The van der Waals surface area contributed by atoms with Crippen LogP contribution in [0.2, 0.25) is 0 Å². The molecule has 31 heavy (non-hydrogen) atoms. The number of aromatic nitrogens is 1. The molecule has 2 aliphatic carbocycles. The Morgan fingerprint density at radius 2 is 2.03 bits per heavy atom. The van der Waals surface area contributed by atoms with Crippen molar-refractivity contribution in [3.63, 3.8) is 0 Å².